The number of carbonyl (C=O) groups excluding carboxylic acids is 2. The Morgan fingerprint density at radius 2 is 1.70 bits per heavy atom. The summed E-state index contributed by atoms with van der Waals surface area (Å²) >= 11 is 1.52. The maximum Gasteiger partial charge on any atom is 0.269 e. The first-order valence-corrected chi connectivity index (χ1v) is 12.1. The minimum absolute atomic E-state index is 0.0792. The van der Waals surface area contributed by atoms with E-state index in [2.05, 4.69) is 5.32 Å². The van der Waals surface area contributed by atoms with Gasteiger partial charge in [0.15, 0.2) is 11.5 Å². The number of ether oxygens (including phenoxy) is 3. The van der Waals surface area contributed by atoms with Crippen molar-refractivity contribution >= 4 is 40.6 Å². The summed E-state index contributed by atoms with van der Waals surface area (Å²) in [6, 6.07) is 16.6. The highest BCUT2D eigenvalue weighted by molar-refractivity contribution is 7.99. The highest BCUT2D eigenvalue weighted by atomic mass is 32.2. The van der Waals surface area contributed by atoms with E-state index in [1.165, 1.54) is 62.3 Å². The molecule has 0 bridgehead atoms. The largest absolute Gasteiger partial charge is 0.493 e. The van der Waals surface area contributed by atoms with Gasteiger partial charge in [-0.15, -0.1) is 11.8 Å². The normalized spacial score (nSPS) is 14.8. The lowest BCUT2D eigenvalue weighted by molar-refractivity contribution is -0.384. The zero-order valence-electron chi connectivity index (χ0n) is 20.4. The molecule has 2 amide bonds. The number of carbonyl (C=O) groups is 2. The van der Waals surface area contributed by atoms with Crippen LogP contribution in [-0.4, -0.2) is 44.6 Å². The van der Waals surface area contributed by atoms with E-state index in [4.69, 9.17) is 14.2 Å². The molecule has 1 heterocycles. The number of anilines is 2. The third-order valence-corrected chi connectivity index (χ3v) is 7.13. The maximum absolute atomic E-state index is 13.5. The second-order valence-corrected chi connectivity index (χ2v) is 9.31. The number of fused-ring (bicyclic) bond motifs is 1. The average Bonchev–Trinajstić information content (AvgIpc) is 3.04. The molecule has 192 valence electrons. The Hall–Kier alpha value is -4.25. The van der Waals surface area contributed by atoms with Gasteiger partial charge in [0.25, 0.3) is 5.69 Å². The molecule has 0 saturated carbocycles. The fourth-order valence-corrected chi connectivity index (χ4v) is 5.30. The summed E-state index contributed by atoms with van der Waals surface area (Å²) in [5.74, 6) is 0.787. The number of rotatable bonds is 8. The molecule has 3 aromatic carbocycles. The van der Waals surface area contributed by atoms with Crippen molar-refractivity contribution in [3.63, 3.8) is 0 Å². The van der Waals surface area contributed by atoms with Crippen LogP contribution in [0.25, 0.3) is 0 Å². The van der Waals surface area contributed by atoms with Gasteiger partial charge in [-0.25, -0.2) is 0 Å². The van der Waals surface area contributed by atoms with Gasteiger partial charge in [-0.2, -0.15) is 0 Å². The molecular formula is C26H25N3O7S. The fourth-order valence-electron chi connectivity index (χ4n) is 4.03. The molecule has 0 aromatic heterocycles. The predicted molar refractivity (Wildman–Crippen MR) is 140 cm³/mol. The summed E-state index contributed by atoms with van der Waals surface area (Å²) in [4.78, 5) is 39.0. The van der Waals surface area contributed by atoms with Gasteiger partial charge < -0.3 is 24.4 Å². The molecule has 37 heavy (non-hydrogen) atoms. The highest BCUT2D eigenvalue weighted by Crippen LogP contribution is 2.49. The van der Waals surface area contributed by atoms with E-state index in [-0.39, 0.29) is 29.8 Å². The summed E-state index contributed by atoms with van der Waals surface area (Å²) in [6.45, 7) is -0.213. The number of amides is 2. The first kappa shape index (κ1) is 25.8. The zero-order valence-corrected chi connectivity index (χ0v) is 21.2. The van der Waals surface area contributed by atoms with Crippen LogP contribution in [0.2, 0.25) is 0 Å². The molecule has 1 aliphatic heterocycles. The molecule has 3 aromatic rings. The van der Waals surface area contributed by atoms with Crippen molar-refractivity contribution in [2.45, 2.75) is 16.6 Å². The lowest BCUT2D eigenvalue weighted by Gasteiger charge is -2.22. The topological polar surface area (TPSA) is 120 Å². The minimum atomic E-state index is -0.513. The molecule has 1 N–H and O–H groups in total. The van der Waals surface area contributed by atoms with Crippen LogP contribution >= 0.6 is 11.8 Å². The quantitative estimate of drug-likeness (QED) is 0.329. The van der Waals surface area contributed by atoms with Crippen LogP contribution in [0.3, 0.4) is 0 Å². The number of para-hydroxylation sites is 1. The van der Waals surface area contributed by atoms with Gasteiger partial charge in [0.05, 0.1) is 31.9 Å². The van der Waals surface area contributed by atoms with E-state index < -0.39 is 10.8 Å². The number of nitro groups is 1. The van der Waals surface area contributed by atoms with E-state index in [1.54, 1.807) is 6.07 Å². The smallest absolute Gasteiger partial charge is 0.269 e. The predicted octanol–water partition coefficient (Wildman–Crippen LogP) is 4.83. The molecule has 1 atom stereocenters. The Bertz CT molecular complexity index is 1300. The van der Waals surface area contributed by atoms with Crippen molar-refractivity contribution in [3.8, 4) is 17.2 Å². The van der Waals surface area contributed by atoms with E-state index in [1.807, 2.05) is 30.3 Å². The van der Waals surface area contributed by atoms with Crippen molar-refractivity contribution < 1.29 is 28.7 Å². The van der Waals surface area contributed by atoms with Gasteiger partial charge in [-0.05, 0) is 42.0 Å². The van der Waals surface area contributed by atoms with E-state index >= 15 is 0 Å². The maximum atomic E-state index is 13.5. The van der Waals surface area contributed by atoms with Crippen LogP contribution < -0.4 is 24.4 Å². The summed E-state index contributed by atoms with van der Waals surface area (Å²) in [5, 5.41) is 13.3. The molecule has 0 aliphatic carbocycles. The van der Waals surface area contributed by atoms with Gasteiger partial charge in [0, 0.05) is 34.4 Å². The van der Waals surface area contributed by atoms with Gasteiger partial charge >= 0.3 is 0 Å². The van der Waals surface area contributed by atoms with Gasteiger partial charge in [-0.3, -0.25) is 19.7 Å². The summed E-state index contributed by atoms with van der Waals surface area (Å²) in [6.07, 6.45) is 0.128. The van der Waals surface area contributed by atoms with Crippen molar-refractivity contribution in [1.82, 2.24) is 0 Å². The number of hydrogen-bond acceptors (Lipinski definition) is 8. The van der Waals surface area contributed by atoms with Crippen molar-refractivity contribution in [3.05, 3.63) is 76.3 Å². The first-order chi connectivity index (χ1) is 17.8. The van der Waals surface area contributed by atoms with Gasteiger partial charge in [0.2, 0.25) is 17.6 Å². The SMILES string of the molecule is COc1cc(C2CC(=O)N(CC(=O)Nc3ccc([N+](=O)[O-])cc3)c3ccccc3S2)cc(OC)c1OC. The monoisotopic (exact) mass is 523 g/mol. The van der Waals surface area contributed by atoms with E-state index in [9.17, 15) is 19.7 Å². The van der Waals surface area contributed by atoms with Crippen LogP contribution in [0.1, 0.15) is 17.2 Å². The van der Waals surface area contributed by atoms with Crippen LogP contribution in [0.5, 0.6) is 17.2 Å². The number of nitrogens with zero attached hydrogens (tertiary/aromatic N) is 2. The molecule has 0 radical (unpaired) electrons. The third-order valence-electron chi connectivity index (χ3n) is 5.81. The molecule has 1 unspecified atom stereocenters. The number of methoxy groups -OCH3 is 3. The number of nitro benzene ring substituents is 1. The Labute approximate surface area is 217 Å². The molecular weight excluding hydrogens is 498 g/mol. The van der Waals surface area contributed by atoms with Gasteiger partial charge in [0.1, 0.15) is 6.54 Å². The Balaban J connectivity index is 1.60. The van der Waals surface area contributed by atoms with Crippen molar-refractivity contribution in [1.29, 1.82) is 0 Å². The fraction of sp³-hybridized carbons (Fsp3) is 0.231. The number of benzene rings is 3. The van der Waals surface area contributed by atoms with E-state index in [0.29, 0.717) is 28.6 Å². The molecule has 10 nitrogen and oxygen atoms in total. The minimum Gasteiger partial charge on any atom is -0.493 e. The number of non-ortho nitro benzene ring substituents is 1. The van der Waals surface area contributed by atoms with Crippen molar-refractivity contribution in [2.24, 2.45) is 0 Å². The Kier molecular flexibility index (Phi) is 7.83. The highest BCUT2D eigenvalue weighted by Gasteiger charge is 2.31. The van der Waals surface area contributed by atoms with Gasteiger partial charge in [-0.1, -0.05) is 12.1 Å². The van der Waals surface area contributed by atoms with Crippen LogP contribution in [0.4, 0.5) is 17.1 Å². The van der Waals surface area contributed by atoms with Crippen molar-refractivity contribution in [2.75, 3.05) is 38.1 Å². The van der Waals surface area contributed by atoms with E-state index in [0.717, 1.165) is 10.5 Å². The zero-order chi connectivity index (χ0) is 26.5. The Morgan fingerprint density at radius 3 is 2.30 bits per heavy atom. The number of nitrogens with one attached hydrogen (secondary N) is 1. The first-order valence-electron chi connectivity index (χ1n) is 11.2. The molecule has 0 saturated heterocycles. The molecule has 1 aliphatic rings. The molecule has 11 heteroatoms. The number of thioether (sulfide) groups is 1. The number of hydrogen-bond donors (Lipinski definition) is 1. The van der Waals surface area contributed by atoms with Crippen LogP contribution in [0, 0.1) is 10.1 Å². The lowest BCUT2D eigenvalue weighted by Crippen LogP contribution is -2.38. The van der Waals surface area contributed by atoms with Crippen LogP contribution in [-0.2, 0) is 9.59 Å². The molecule has 0 spiro atoms. The second-order valence-electron chi connectivity index (χ2n) is 8.07. The summed E-state index contributed by atoms with van der Waals surface area (Å²) in [7, 11) is 4.60. The lowest BCUT2D eigenvalue weighted by atomic mass is 10.1. The molecule has 4 rings (SSSR count). The Morgan fingerprint density at radius 1 is 1.05 bits per heavy atom. The standard InChI is InChI=1S/C26H25N3O7S/c1-34-20-12-16(13-21(35-2)26(20)36-3)23-14-25(31)28(19-6-4-5-7-22(19)37-23)15-24(30)27-17-8-10-18(11-9-17)29(32)33/h4-13,23H,14-15H2,1-3H3,(H,27,30). The molecule has 0 fully saturated rings. The third kappa shape index (κ3) is 5.61. The summed E-state index contributed by atoms with van der Waals surface area (Å²) in [5.41, 5.74) is 1.77. The average molecular weight is 524 g/mol. The van der Waals surface area contributed by atoms with Crippen LogP contribution in [0.15, 0.2) is 65.6 Å². The second kappa shape index (κ2) is 11.2. The summed E-state index contributed by atoms with van der Waals surface area (Å²) < 4.78 is 16.4.